The molecule has 0 unspecified atom stereocenters. The third-order valence-electron chi connectivity index (χ3n) is 3.39. The van der Waals surface area contributed by atoms with E-state index in [1.807, 2.05) is 56.4 Å². The molecule has 0 aliphatic carbocycles. The number of quaternary nitrogens is 1. The molecule has 0 saturated heterocycles. The fourth-order valence-electron chi connectivity index (χ4n) is 2.15. The van der Waals surface area contributed by atoms with E-state index in [1.54, 1.807) is 6.26 Å². The highest BCUT2D eigenvalue weighted by Gasteiger charge is 2.14. The average Bonchev–Trinajstić information content (AvgIpc) is 2.94. The number of anilines is 1. The summed E-state index contributed by atoms with van der Waals surface area (Å²) in [6.45, 7) is 6.39. The van der Waals surface area contributed by atoms with Gasteiger partial charge in [0.05, 0.1) is 6.26 Å². The third kappa shape index (κ3) is 3.48. The minimum Gasteiger partial charge on any atom is -0.463 e. The van der Waals surface area contributed by atoms with Gasteiger partial charge in [-0.3, -0.25) is 4.79 Å². The van der Waals surface area contributed by atoms with Crippen LogP contribution in [-0.2, 0) is 4.79 Å². The fourth-order valence-corrected chi connectivity index (χ4v) is 2.15. The molecule has 1 atom stereocenters. The Balaban J connectivity index is 1.90. The maximum Gasteiger partial charge on any atom is 0.279 e. The minimum atomic E-state index is 0.000746. The van der Waals surface area contributed by atoms with Crippen molar-refractivity contribution in [2.45, 2.75) is 26.8 Å². The summed E-state index contributed by atoms with van der Waals surface area (Å²) in [5.74, 6) is 0.880. The number of carbonyl (C=O) groups excluding carboxylic acids is 1. The molecule has 0 saturated carbocycles. The Morgan fingerprint density at radius 2 is 1.95 bits per heavy atom. The highest BCUT2D eigenvalue weighted by molar-refractivity contribution is 5.92. The molecule has 106 valence electrons. The van der Waals surface area contributed by atoms with Crippen LogP contribution in [0.5, 0.6) is 0 Å². The van der Waals surface area contributed by atoms with E-state index in [0.717, 1.165) is 22.6 Å². The molecule has 4 nitrogen and oxygen atoms in total. The molecular formula is C16H21N2O2+. The van der Waals surface area contributed by atoms with Crippen molar-refractivity contribution in [3.05, 3.63) is 53.5 Å². The zero-order chi connectivity index (χ0) is 14.5. The number of nitrogens with two attached hydrogens (primary N) is 1. The Kier molecular flexibility index (Phi) is 4.58. The summed E-state index contributed by atoms with van der Waals surface area (Å²) < 4.78 is 5.32. The second kappa shape index (κ2) is 6.39. The lowest BCUT2D eigenvalue weighted by Gasteiger charge is -2.12. The van der Waals surface area contributed by atoms with Crippen molar-refractivity contribution >= 4 is 11.6 Å². The number of carbonyl (C=O) groups is 1. The summed E-state index contributed by atoms with van der Waals surface area (Å²) in [4.78, 5) is 12.0. The normalized spacial score (nSPS) is 12.2. The molecule has 2 rings (SSSR count). The minimum absolute atomic E-state index is 0.000746. The van der Waals surface area contributed by atoms with E-state index in [-0.39, 0.29) is 11.9 Å². The van der Waals surface area contributed by atoms with E-state index >= 15 is 0 Å². The number of amides is 1. The predicted octanol–water partition coefficient (Wildman–Crippen LogP) is 2.16. The van der Waals surface area contributed by atoms with Crippen LogP contribution in [0.3, 0.4) is 0 Å². The van der Waals surface area contributed by atoms with E-state index < -0.39 is 0 Å². The van der Waals surface area contributed by atoms with Crippen molar-refractivity contribution in [2.24, 2.45) is 0 Å². The summed E-state index contributed by atoms with van der Waals surface area (Å²) >= 11 is 0. The van der Waals surface area contributed by atoms with E-state index in [4.69, 9.17) is 4.42 Å². The van der Waals surface area contributed by atoms with Crippen LogP contribution >= 0.6 is 0 Å². The third-order valence-corrected chi connectivity index (χ3v) is 3.39. The van der Waals surface area contributed by atoms with Crippen LogP contribution in [0.25, 0.3) is 0 Å². The number of hydrogen-bond donors (Lipinski definition) is 2. The van der Waals surface area contributed by atoms with Crippen LogP contribution in [-0.4, -0.2) is 12.5 Å². The molecule has 1 heterocycles. The van der Waals surface area contributed by atoms with Crippen molar-refractivity contribution in [3.63, 3.8) is 0 Å². The first-order valence-electron chi connectivity index (χ1n) is 6.80. The van der Waals surface area contributed by atoms with Gasteiger partial charge in [-0.25, -0.2) is 0 Å². The maximum atomic E-state index is 12.0. The number of hydrogen-bond acceptors (Lipinski definition) is 2. The second-order valence-corrected chi connectivity index (χ2v) is 5.06. The van der Waals surface area contributed by atoms with Gasteiger partial charge in [-0.1, -0.05) is 18.2 Å². The van der Waals surface area contributed by atoms with Crippen LogP contribution in [0.15, 0.2) is 41.0 Å². The SMILES string of the molecule is Cc1cccc(C)c1NC(=O)C[NH2+][C@@H](C)c1ccco1. The number of benzene rings is 1. The molecule has 2 aromatic rings. The number of aryl methyl sites for hydroxylation is 2. The van der Waals surface area contributed by atoms with E-state index in [9.17, 15) is 4.79 Å². The molecule has 0 aliphatic heterocycles. The van der Waals surface area contributed by atoms with Gasteiger partial charge in [0.1, 0.15) is 6.04 Å². The van der Waals surface area contributed by atoms with Crippen LogP contribution in [0.2, 0.25) is 0 Å². The highest BCUT2D eigenvalue weighted by Crippen LogP contribution is 2.18. The lowest BCUT2D eigenvalue weighted by molar-refractivity contribution is -0.684. The lowest BCUT2D eigenvalue weighted by atomic mass is 10.1. The summed E-state index contributed by atoms with van der Waals surface area (Å²) in [6, 6.07) is 9.90. The monoisotopic (exact) mass is 273 g/mol. The number of furan rings is 1. The summed E-state index contributed by atoms with van der Waals surface area (Å²) in [6.07, 6.45) is 1.65. The largest absolute Gasteiger partial charge is 0.463 e. The standard InChI is InChI=1S/C16H20N2O2/c1-11-6-4-7-12(2)16(11)18-15(19)10-17-13(3)14-8-5-9-20-14/h4-9,13,17H,10H2,1-3H3,(H,18,19)/p+1/t13-/m0/s1. The Hall–Kier alpha value is -2.07. The van der Waals surface area contributed by atoms with Gasteiger partial charge in [-0.15, -0.1) is 0 Å². The molecule has 1 aromatic carbocycles. The van der Waals surface area contributed by atoms with Crippen molar-refractivity contribution in [2.75, 3.05) is 11.9 Å². The van der Waals surface area contributed by atoms with Crippen LogP contribution in [0.1, 0.15) is 29.9 Å². The number of nitrogens with one attached hydrogen (secondary N) is 1. The Morgan fingerprint density at radius 3 is 2.55 bits per heavy atom. The summed E-state index contributed by atoms with van der Waals surface area (Å²) in [5, 5.41) is 4.94. The van der Waals surface area contributed by atoms with Gasteiger partial charge >= 0.3 is 0 Å². The van der Waals surface area contributed by atoms with Gasteiger partial charge in [0.25, 0.3) is 5.91 Å². The lowest BCUT2D eigenvalue weighted by Crippen LogP contribution is -2.86. The van der Waals surface area contributed by atoms with Crippen LogP contribution < -0.4 is 10.6 Å². The molecular weight excluding hydrogens is 252 g/mol. The molecule has 20 heavy (non-hydrogen) atoms. The molecule has 4 heteroatoms. The van der Waals surface area contributed by atoms with Crippen molar-refractivity contribution in [3.8, 4) is 0 Å². The molecule has 0 aliphatic rings. The molecule has 0 fully saturated rings. The van der Waals surface area contributed by atoms with Crippen LogP contribution in [0, 0.1) is 13.8 Å². The van der Waals surface area contributed by atoms with Gasteiger partial charge in [-0.05, 0) is 44.0 Å². The summed E-state index contributed by atoms with van der Waals surface area (Å²) in [5.41, 5.74) is 3.08. The van der Waals surface area contributed by atoms with Gasteiger partial charge < -0.3 is 15.1 Å². The Bertz CT molecular complexity index is 556. The molecule has 1 aromatic heterocycles. The van der Waals surface area contributed by atoms with Gasteiger partial charge in [0.15, 0.2) is 12.3 Å². The number of para-hydroxylation sites is 1. The fraction of sp³-hybridized carbons (Fsp3) is 0.312. The Labute approximate surface area is 119 Å². The van der Waals surface area contributed by atoms with Crippen molar-refractivity contribution in [1.29, 1.82) is 0 Å². The van der Waals surface area contributed by atoms with E-state index in [2.05, 4.69) is 5.32 Å². The molecule has 3 N–H and O–H groups in total. The maximum absolute atomic E-state index is 12.0. The average molecular weight is 273 g/mol. The first kappa shape index (κ1) is 14.3. The van der Waals surface area contributed by atoms with E-state index in [1.165, 1.54) is 0 Å². The zero-order valence-corrected chi connectivity index (χ0v) is 12.1. The van der Waals surface area contributed by atoms with E-state index in [0.29, 0.717) is 6.54 Å². The van der Waals surface area contributed by atoms with Gasteiger partial charge in [-0.2, -0.15) is 0 Å². The second-order valence-electron chi connectivity index (χ2n) is 5.06. The smallest absolute Gasteiger partial charge is 0.279 e. The first-order valence-corrected chi connectivity index (χ1v) is 6.80. The number of rotatable bonds is 5. The van der Waals surface area contributed by atoms with Crippen LogP contribution in [0.4, 0.5) is 5.69 Å². The van der Waals surface area contributed by atoms with Gasteiger partial charge in [0, 0.05) is 5.69 Å². The predicted molar refractivity (Wildman–Crippen MR) is 78.5 cm³/mol. The van der Waals surface area contributed by atoms with Crippen molar-refractivity contribution in [1.82, 2.24) is 0 Å². The molecule has 0 spiro atoms. The molecule has 1 amide bonds. The molecule has 0 radical (unpaired) electrons. The zero-order valence-electron chi connectivity index (χ0n) is 12.1. The molecule has 0 bridgehead atoms. The topological polar surface area (TPSA) is 58.9 Å². The Morgan fingerprint density at radius 1 is 1.25 bits per heavy atom. The highest BCUT2D eigenvalue weighted by atomic mass is 16.3. The first-order chi connectivity index (χ1) is 9.58. The summed E-state index contributed by atoms with van der Waals surface area (Å²) in [7, 11) is 0. The van der Waals surface area contributed by atoms with Crippen molar-refractivity contribution < 1.29 is 14.5 Å². The quantitative estimate of drug-likeness (QED) is 0.877. The van der Waals surface area contributed by atoms with Gasteiger partial charge in [0.2, 0.25) is 0 Å².